The summed E-state index contributed by atoms with van der Waals surface area (Å²) in [4.78, 5) is 27.3. The fourth-order valence-corrected chi connectivity index (χ4v) is 5.38. The van der Waals surface area contributed by atoms with E-state index in [0.717, 1.165) is 60.3 Å². The van der Waals surface area contributed by atoms with E-state index in [2.05, 4.69) is 20.2 Å². The van der Waals surface area contributed by atoms with Gasteiger partial charge in [0.1, 0.15) is 10.9 Å². The first-order valence-electron chi connectivity index (χ1n) is 14.0. The van der Waals surface area contributed by atoms with Crippen LogP contribution in [0.4, 0.5) is 5.95 Å². The topological polar surface area (TPSA) is 130 Å². The Labute approximate surface area is 256 Å². The number of piperidine rings is 1. The molecule has 218 valence electrons. The van der Waals surface area contributed by atoms with Crippen molar-refractivity contribution in [1.29, 1.82) is 5.26 Å². The number of nitrogens with zero attached hydrogens (tertiary/aromatic N) is 5. The molecule has 9 nitrogen and oxygen atoms in total. The van der Waals surface area contributed by atoms with E-state index in [1.165, 1.54) is 6.08 Å². The van der Waals surface area contributed by atoms with Crippen LogP contribution in [0.15, 0.2) is 67.0 Å². The second kappa shape index (κ2) is 13.5. The predicted octanol–water partition coefficient (Wildman–Crippen LogP) is 6.31. The lowest BCUT2D eigenvalue weighted by molar-refractivity contribution is 0.1000. The number of hydrogen-bond donors (Lipinski definition) is 2. The van der Waals surface area contributed by atoms with Crippen molar-refractivity contribution in [3.05, 3.63) is 100.0 Å². The molecule has 1 fully saturated rings. The molecule has 0 bridgehead atoms. The van der Waals surface area contributed by atoms with Crippen LogP contribution in [0, 0.1) is 25.2 Å². The number of likely N-dealkylation sites (tertiary alicyclic amines) is 1. The van der Waals surface area contributed by atoms with E-state index in [1.54, 1.807) is 36.7 Å². The molecule has 1 aliphatic rings. The third-order valence-corrected chi connectivity index (χ3v) is 7.60. The van der Waals surface area contributed by atoms with E-state index in [4.69, 9.17) is 32.3 Å². The third kappa shape index (κ3) is 7.55. The van der Waals surface area contributed by atoms with Gasteiger partial charge in [0.15, 0.2) is 0 Å². The van der Waals surface area contributed by atoms with Gasteiger partial charge in [0, 0.05) is 49.7 Å². The summed E-state index contributed by atoms with van der Waals surface area (Å²) in [7, 11) is 0. The lowest BCUT2D eigenvalue weighted by Gasteiger charge is -2.32. The molecule has 0 atom stereocenters. The standard InChI is InChI=1S/C33H32ClN7O2/c1-21-16-24(4-3-12-35)17-22(2)30(21)43-32-28(26-9-13-37-29(34)18-26)19-38-33(40-32)39-27-10-14-41(15-11-27)20-23-5-7-25(8-6-23)31(36)42/h3-9,13,16-19,27H,10-11,14-15,20H2,1-2H3,(H2,36,42)(H,38,39,40)/b4-3+. The first kappa shape index (κ1) is 29.7. The molecule has 0 saturated carbocycles. The van der Waals surface area contributed by atoms with Crippen molar-refractivity contribution in [2.24, 2.45) is 5.73 Å². The number of ether oxygens (including phenoxy) is 1. The van der Waals surface area contributed by atoms with Gasteiger partial charge in [-0.15, -0.1) is 0 Å². The molecule has 1 aliphatic heterocycles. The van der Waals surface area contributed by atoms with Crippen LogP contribution in [0.5, 0.6) is 11.6 Å². The van der Waals surface area contributed by atoms with Gasteiger partial charge in [-0.2, -0.15) is 10.2 Å². The number of primary amides is 1. The Morgan fingerprint density at radius 3 is 2.51 bits per heavy atom. The second-order valence-electron chi connectivity index (χ2n) is 10.6. The monoisotopic (exact) mass is 593 g/mol. The van der Waals surface area contributed by atoms with Crippen LogP contribution in [0.1, 0.15) is 45.5 Å². The Balaban J connectivity index is 1.32. The van der Waals surface area contributed by atoms with Gasteiger partial charge in [-0.25, -0.2) is 9.97 Å². The van der Waals surface area contributed by atoms with Crippen LogP contribution < -0.4 is 15.8 Å². The maximum Gasteiger partial charge on any atom is 0.248 e. The molecule has 0 radical (unpaired) electrons. The first-order valence-corrected chi connectivity index (χ1v) is 14.4. The summed E-state index contributed by atoms with van der Waals surface area (Å²) in [5.74, 6) is 1.17. The Kier molecular flexibility index (Phi) is 9.30. The van der Waals surface area contributed by atoms with E-state index < -0.39 is 5.91 Å². The van der Waals surface area contributed by atoms with Gasteiger partial charge in [-0.1, -0.05) is 23.7 Å². The van der Waals surface area contributed by atoms with Crippen LogP contribution in [0.3, 0.4) is 0 Å². The van der Waals surface area contributed by atoms with Crippen molar-refractivity contribution < 1.29 is 9.53 Å². The molecule has 5 rings (SSSR count). The largest absolute Gasteiger partial charge is 0.438 e. The molecule has 3 heterocycles. The average Bonchev–Trinajstić information content (AvgIpc) is 2.99. The molecule has 43 heavy (non-hydrogen) atoms. The highest BCUT2D eigenvalue weighted by Crippen LogP contribution is 2.36. The Hall–Kier alpha value is -4.78. The highest BCUT2D eigenvalue weighted by molar-refractivity contribution is 6.29. The van der Waals surface area contributed by atoms with Gasteiger partial charge in [0.25, 0.3) is 0 Å². The van der Waals surface area contributed by atoms with Gasteiger partial charge in [-0.3, -0.25) is 9.69 Å². The fraction of sp³-hybridized carbons (Fsp3) is 0.242. The number of aromatic nitrogens is 3. The van der Waals surface area contributed by atoms with E-state index in [9.17, 15) is 4.79 Å². The minimum atomic E-state index is -0.417. The third-order valence-electron chi connectivity index (χ3n) is 7.39. The minimum Gasteiger partial charge on any atom is -0.438 e. The number of nitrogens with one attached hydrogen (secondary N) is 1. The number of halogens is 1. The molecule has 2 aromatic carbocycles. The van der Waals surface area contributed by atoms with Gasteiger partial charge in [0.2, 0.25) is 17.7 Å². The zero-order chi connectivity index (χ0) is 30.3. The van der Waals surface area contributed by atoms with E-state index in [1.807, 2.05) is 50.2 Å². The van der Waals surface area contributed by atoms with Crippen LogP contribution in [-0.2, 0) is 6.54 Å². The summed E-state index contributed by atoms with van der Waals surface area (Å²) in [6.07, 6.45) is 8.46. The van der Waals surface area contributed by atoms with Gasteiger partial charge in [-0.05, 0) is 97.0 Å². The number of pyridine rings is 1. The van der Waals surface area contributed by atoms with Crippen LogP contribution in [0.2, 0.25) is 5.15 Å². The number of aryl methyl sites for hydroxylation is 2. The lowest BCUT2D eigenvalue weighted by atomic mass is 10.0. The van der Waals surface area contributed by atoms with Crippen LogP contribution >= 0.6 is 11.6 Å². The van der Waals surface area contributed by atoms with Crippen molar-refractivity contribution in [3.63, 3.8) is 0 Å². The van der Waals surface area contributed by atoms with E-state index >= 15 is 0 Å². The van der Waals surface area contributed by atoms with E-state index in [-0.39, 0.29) is 6.04 Å². The molecular formula is C33H32ClN7O2. The lowest BCUT2D eigenvalue weighted by Crippen LogP contribution is -2.39. The van der Waals surface area contributed by atoms with Crippen molar-refractivity contribution in [1.82, 2.24) is 19.9 Å². The molecule has 0 aliphatic carbocycles. The molecule has 4 aromatic rings. The summed E-state index contributed by atoms with van der Waals surface area (Å²) in [6, 6.07) is 17.2. The highest BCUT2D eigenvalue weighted by atomic mass is 35.5. The van der Waals surface area contributed by atoms with E-state index in [0.29, 0.717) is 33.9 Å². The molecule has 1 saturated heterocycles. The average molecular weight is 594 g/mol. The van der Waals surface area contributed by atoms with Crippen molar-refractivity contribution in [3.8, 4) is 28.8 Å². The summed E-state index contributed by atoms with van der Waals surface area (Å²) < 4.78 is 6.48. The quantitative estimate of drug-likeness (QED) is 0.170. The number of carbonyl (C=O) groups is 1. The minimum absolute atomic E-state index is 0.206. The number of allylic oxidation sites excluding steroid dienone is 1. The van der Waals surface area contributed by atoms with Gasteiger partial charge < -0.3 is 15.8 Å². The number of carbonyl (C=O) groups excluding carboxylic acids is 1. The molecule has 3 N–H and O–H groups in total. The predicted molar refractivity (Wildman–Crippen MR) is 168 cm³/mol. The molecule has 0 unspecified atom stereocenters. The summed E-state index contributed by atoms with van der Waals surface area (Å²) >= 11 is 6.20. The molecule has 0 spiro atoms. The molecular weight excluding hydrogens is 562 g/mol. The number of amides is 1. The Morgan fingerprint density at radius 2 is 1.86 bits per heavy atom. The number of nitriles is 1. The van der Waals surface area contributed by atoms with Crippen molar-refractivity contribution in [2.75, 3.05) is 18.4 Å². The highest BCUT2D eigenvalue weighted by Gasteiger charge is 2.22. The van der Waals surface area contributed by atoms with Crippen LogP contribution in [0.25, 0.3) is 17.2 Å². The molecule has 1 amide bonds. The number of anilines is 1. The SMILES string of the molecule is Cc1cc(/C=C/C#N)cc(C)c1Oc1nc(NC2CCN(Cc3ccc(C(N)=O)cc3)CC2)ncc1-c1ccnc(Cl)c1. The fourth-order valence-electron chi connectivity index (χ4n) is 5.20. The zero-order valence-corrected chi connectivity index (χ0v) is 24.8. The Bertz CT molecular complexity index is 1670. The normalized spacial score (nSPS) is 14.0. The maximum atomic E-state index is 11.3. The number of rotatable bonds is 9. The Morgan fingerprint density at radius 1 is 1.14 bits per heavy atom. The second-order valence-corrected chi connectivity index (χ2v) is 11.0. The zero-order valence-electron chi connectivity index (χ0n) is 24.0. The maximum absolute atomic E-state index is 11.3. The van der Waals surface area contributed by atoms with Gasteiger partial charge in [0.05, 0.1) is 11.6 Å². The summed E-state index contributed by atoms with van der Waals surface area (Å²) in [5, 5.41) is 12.8. The number of hydrogen-bond acceptors (Lipinski definition) is 8. The molecule has 10 heteroatoms. The summed E-state index contributed by atoms with van der Waals surface area (Å²) in [5.41, 5.74) is 11.3. The first-order chi connectivity index (χ1) is 20.8. The smallest absolute Gasteiger partial charge is 0.248 e. The number of nitrogens with two attached hydrogens (primary N) is 1. The van der Waals surface area contributed by atoms with Crippen molar-refractivity contribution >= 4 is 29.5 Å². The van der Waals surface area contributed by atoms with Gasteiger partial charge >= 0.3 is 0 Å². The molecule has 2 aromatic heterocycles. The van der Waals surface area contributed by atoms with Crippen LogP contribution in [-0.4, -0.2) is 44.9 Å². The number of benzene rings is 2. The summed E-state index contributed by atoms with van der Waals surface area (Å²) in [6.45, 7) is 6.58. The van der Waals surface area contributed by atoms with Crippen molar-refractivity contribution in [2.45, 2.75) is 39.3 Å².